The predicted molar refractivity (Wildman–Crippen MR) is 67.1 cm³/mol. The molecule has 0 fully saturated rings. The van der Waals surface area contributed by atoms with Crippen LogP contribution in [0.3, 0.4) is 0 Å². The van der Waals surface area contributed by atoms with E-state index in [4.69, 9.17) is 0 Å². The van der Waals surface area contributed by atoms with Gasteiger partial charge in [0.2, 0.25) is 5.91 Å². The minimum Gasteiger partial charge on any atom is -0.359 e. The molecule has 1 amide bonds. The van der Waals surface area contributed by atoms with Gasteiger partial charge < -0.3 is 10.6 Å². The lowest BCUT2D eigenvalue weighted by molar-refractivity contribution is -0.114. The molecule has 0 aliphatic carbocycles. The summed E-state index contributed by atoms with van der Waals surface area (Å²) in [5, 5.41) is 5.76. The highest BCUT2D eigenvalue weighted by Crippen LogP contribution is 2.31. The topological polar surface area (TPSA) is 79.8 Å². The van der Waals surface area contributed by atoms with Crippen molar-refractivity contribution < 1.29 is 4.79 Å². The van der Waals surface area contributed by atoms with Gasteiger partial charge in [0.25, 0.3) is 0 Å². The molecule has 0 bridgehead atoms. The van der Waals surface area contributed by atoms with Crippen molar-refractivity contribution in [1.29, 1.82) is 0 Å². The van der Waals surface area contributed by atoms with Crippen molar-refractivity contribution in [3.05, 3.63) is 30.2 Å². The highest BCUT2D eigenvalue weighted by molar-refractivity contribution is 6.03. The molecule has 90 valence electrons. The van der Waals surface area contributed by atoms with Gasteiger partial charge in [0.05, 0.1) is 12.2 Å². The third-order valence-electron chi connectivity index (χ3n) is 2.61. The van der Waals surface area contributed by atoms with Crippen LogP contribution < -0.4 is 10.6 Å². The molecule has 18 heavy (non-hydrogen) atoms. The first-order chi connectivity index (χ1) is 8.74. The van der Waals surface area contributed by atoms with Crippen LogP contribution in [0.4, 0.5) is 11.5 Å². The summed E-state index contributed by atoms with van der Waals surface area (Å²) in [6.45, 7) is 2.04. The zero-order valence-electron chi connectivity index (χ0n) is 9.77. The van der Waals surface area contributed by atoms with Crippen LogP contribution in [0.25, 0.3) is 11.4 Å². The van der Waals surface area contributed by atoms with Crippen molar-refractivity contribution in [2.75, 3.05) is 17.2 Å². The van der Waals surface area contributed by atoms with Gasteiger partial charge in [0, 0.05) is 6.20 Å². The molecule has 0 unspecified atom stereocenters. The Morgan fingerprint density at radius 3 is 2.94 bits per heavy atom. The largest absolute Gasteiger partial charge is 0.359 e. The lowest BCUT2D eigenvalue weighted by Gasteiger charge is -2.20. The Kier molecular flexibility index (Phi) is 2.40. The van der Waals surface area contributed by atoms with E-state index in [0.29, 0.717) is 28.7 Å². The van der Waals surface area contributed by atoms with Gasteiger partial charge in [-0.15, -0.1) is 0 Å². The summed E-state index contributed by atoms with van der Waals surface area (Å²) in [5.41, 5.74) is 1.94. The maximum absolute atomic E-state index is 11.4. The van der Waals surface area contributed by atoms with Crippen LogP contribution in [0.5, 0.6) is 0 Å². The zero-order valence-corrected chi connectivity index (χ0v) is 9.77. The number of amides is 1. The lowest BCUT2D eigenvalue weighted by atomic mass is 10.2. The molecule has 0 aromatic carbocycles. The molecule has 1 aliphatic heterocycles. The molecule has 3 heterocycles. The highest BCUT2D eigenvalue weighted by Gasteiger charge is 2.21. The van der Waals surface area contributed by atoms with Crippen molar-refractivity contribution >= 4 is 17.4 Å². The van der Waals surface area contributed by atoms with Crippen LogP contribution in [-0.4, -0.2) is 27.4 Å². The van der Waals surface area contributed by atoms with Crippen LogP contribution in [-0.2, 0) is 4.79 Å². The Morgan fingerprint density at radius 1 is 1.28 bits per heavy atom. The number of aromatic nitrogens is 3. The van der Waals surface area contributed by atoms with E-state index in [1.165, 1.54) is 0 Å². The van der Waals surface area contributed by atoms with E-state index in [-0.39, 0.29) is 12.5 Å². The summed E-state index contributed by atoms with van der Waals surface area (Å²) < 4.78 is 0. The second kappa shape index (κ2) is 4.06. The van der Waals surface area contributed by atoms with Crippen molar-refractivity contribution in [2.45, 2.75) is 6.92 Å². The quantitative estimate of drug-likeness (QED) is 0.784. The number of rotatable bonds is 1. The fourth-order valence-corrected chi connectivity index (χ4v) is 1.85. The third kappa shape index (κ3) is 1.77. The Balaban J connectivity index is 2.20. The number of fused-ring (bicyclic) bond motifs is 1. The fourth-order valence-electron chi connectivity index (χ4n) is 1.85. The van der Waals surface area contributed by atoms with Gasteiger partial charge in [-0.3, -0.25) is 9.78 Å². The average Bonchev–Trinajstić information content (AvgIpc) is 2.39. The van der Waals surface area contributed by atoms with E-state index in [9.17, 15) is 4.79 Å². The third-order valence-corrected chi connectivity index (χ3v) is 2.61. The monoisotopic (exact) mass is 241 g/mol. The van der Waals surface area contributed by atoms with Gasteiger partial charge in [-0.2, -0.15) is 0 Å². The molecule has 0 atom stereocenters. The first-order valence-corrected chi connectivity index (χ1v) is 5.58. The fraction of sp³-hybridized carbons (Fsp3) is 0.167. The first-order valence-electron chi connectivity index (χ1n) is 5.58. The summed E-state index contributed by atoms with van der Waals surface area (Å²) in [4.78, 5) is 24.3. The predicted octanol–water partition coefficient (Wildman–Crippen LogP) is 1.21. The van der Waals surface area contributed by atoms with E-state index >= 15 is 0 Å². The standard InChI is InChI=1S/C12H11N5O/c1-7-15-10(8-4-2-3-5-13-8)11-12(16-7)14-6-9(18)17-11/h2-5H,6H2,1H3,(H,17,18)(H,14,15,16). The van der Waals surface area contributed by atoms with Gasteiger partial charge >= 0.3 is 0 Å². The number of carbonyl (C=O) groups is 1. The van der Waals surface area contributed by atoms with Crippen molar-refractivity contribution in [3.8, 4) is 11.4 Å². The van der Waals surface area contributed by atoms with Gasteiger partial charge in [-0.05, 0) is 19.1 Å². The summed E-state index contributed by atoms with van der Waals surface area (Å²) in [5.74, 6) is 1.17. The smallest absolute Gasteiger partial charge is 0.243 e. The molecular formula is C12H11N5O. The van der Waals surface area contributed by atoms with Crippen LogP contribution in [0.15, 0.2) is 24.4 Å². The maximum atomic E-state index is 11.4. The minimum absolute atomic E-state index is 0.105. The SMILES string of the molecule is Cc1nc2c(c(-c3ccccn3)n1)NC(=O)CN2. The van der Waals surface area contributed by atoms with E-state index in [1.807, 2.05) is 25.1 Å². The molecule has 0 radical (unpaired) electrons. The minimum atomic E-state index is -0.105. The second-order valence-corrected chi connectivity index (χ2v) is 3.96. The number of pyridine rings is 1. The molecule has 1 aliphatic rings. The summed E-state index contributed by atoms with van der Waals surface area (Å²) in [7, 11) is 0. The molecule has 2 N–H and O–H groups in total. The van der Waals surface area contributed by atoms with Gasteiger partial charge in [0.15, 0.2) is 5.82 Å². The Morgan fingerprint density at radius 2 is 2.17 bits per heavy atom. The molecule has 0 spiro atoms. The van der Waals surface area contributed by atoms with E-state index < -0.39 is 0 Å². The number of nitrogens with zero attached hydrogens (tertiary/aromatic N) is 3. The second-order valence-electron chi connectivity index (χ2n) is 3.96. The molecule has 2 aromatic heterocycles. The molecule has 6 nitrogen and oxygen atoms in total. The highest BCUT2D eigenvalue weighted by atomic mass is 16.2. The van der Waals surface area contributed by atoms with Crippen molar-refractivity contribution in [3.63, 3.8) is 0 Å². The number of hydrogen-bond donors (Lipinski definition) is 2. The van der Waals surface area contributed by atoms with Gasteiger partial charge in [-0.1, -0.05) is 6.07 Å². The van der Waals surface area contributed by atoms with Crippen LogP contribution >= 0.6 is 0 Å². The number of aryl methyl sites for hydroxylation is 1. The zero-order chi connectivity index (χ0) is 12.5. The van der Waals surface area contributed by atoms with Gasteiger partial charge in [0.1, 0.15) is 17.2 Å². The van der Waals surface area contributed by atoms with E-state index in [1.54, 1.807) is 6.20 Å². The van der Waals surface area contributed by atoms with E-state index in [2.05, 4.69) is 25.6 Å². The normalized spacial score (nSPS) is 13.5. The molecule has 0 saturated heterocycles. The molecule has 2 aromatic rings. The Labute approximate surface area is 103 Å². The van der Waals surface area contributed by atoms with E-state index in [0.717, 1.165) is 0 Å². The Hall–Kier alpha value is -2.50. The molecular weight excluding hydrogens is 230 g/mol. The van der Waals surface area contributed by atoms with Gasteiger partial charge in [-0.25, -0.2) is 9.97 Å². The van der Waals surface area contributed by atoms with Crippen LogP contribution in [0, 0.1) is 6.92 Å². The van der Waals surface area contributed by atoms with Crippen LogP contribution in [0.2, 0.25) is 0 Å². The van der Waals surface area contributed by atoms with Crippen LogP contribution in [0.1, 0.15) is 5.82 Å². The maximum Gasteiger partial charge on any atom is 0.243 e. The first kappa shape index (κ1) is 10.6. The number of hydrogen-bond acceptors (Lipinski definition) is 5. The molecule has 3 rings (SSSR count). The number of carbonyl (C=O) groups excluding carboxylic acids is 1. The molecule has 6 heteroatoms. The van der Waals surface area contributed by atoms with Crippen molar-refractivity contribution in [2.24, 2.45) is 0 Å². The molecule has 0 saturated carbocycles. The van der Waals surface area contributed by atoms with Crippen molar-refractivity contribution in [1.82, 2.24) is 15.0 Å². The summed E-state index contributed by atoms with van der Waals surface area (Å²) in [6, 6.07) is 5.56. The number of nitrogens with one attached hydrogen (secondary N) is 2. The lowest BCUT2D eigenvalue weighted by Crippen LogP contribution is -2.29. The summed E-state index contributed by atoms with van der Waals surface area (Å²) >= 11 is 0. The Bertz CT molecular complexity index is 611. The average molecular weight is 241 g/mol. The number of anilines is 2. The summed E-state index contributed by atoms with van der Waals surface area (Å²) in [6.07, 6.45) is 1.69.